The summed E-state index contributed by atoms with van der Waals surface area (Å²) in [7, 11) is 3.00. The van der Waals surface area contributed by atoms with E-state index >= 15 is 0 Å². The molecule has 4 rings (SSSR count). The van der Waals surface area contributed by atoms with Gasteiger partial charge in [0.2, 0.25) is 0 Å². The van der Waals surface area contributed by atoms with Crippen molar-refractivity contribution in [3.05, 3.63) is 84.1 Å². The fourth-order valence-corrected chi connectivity index (χ4v) is 3.57. The average molecular weight is 475 g/mol. The molecule has 1 aromatic heterocycles. The van der Waals surface area contributed by atoms with E-state index in [1.54, 1.807) is 36.4 Å². The van der Waals surface area contributed by atoms with E-state index in [9.17, 15) is 9.59 Å². The van der Waals surface area contributed by atoms with Gasteiger partial charge in [0, 0.05) is 10.9 Å². The highest BCUT2D eigenvalue weighted by Crippen LogP contribution is 2.29. The van der Waals surface area contributed by atoms with Crippen LogP contribution in [0.5, 0.6) is 17.2 Å². The molecule has 0 bridgehead atoms. The number of benzene rings is 3. The molecule has 35 heavy (non-hydrogen) atoms. The van der Waals surface area contributed by atoms with Crippen molar-refractivity contribution in [2.75, 3.05) is 26.1 Å². The van der Waals surface area contributed by atoms with Gasteiger partial charge in [0.1, 0.15) is 17.1 Å². The van der Waals surface area contributed by atoms with E-state index in [1.165, 1.54) is 14.2 Å². The maximum absolute atomic E-state index is 12.8. The Morgan fingerprint density at radius 2 is 1.63 bits per heavy atom. The molecule has 2 N–H and O–H groups in total. The van der Waals surface area contributed by atoms with Crippen LogP contribution in [0.15, 0.2) is 77.2 Å². The summed E-state index contributed by atoms with van der Waals surface area (Å²) < 4.78 is 22.1. The van der Waals surface area contributed by atoms with Crippen molar-refractivity contribution in [3.63, 3.8) is 0 Å². The molecule has 0 aliphatic carbocycles. The predicted molar refractivity (Wildman–Crippen MR) is 132 cm³/mol. The maximum atomic E-state index is 12.8. The molecule has 4 aromatic rings. The van der Waals surface area contributed by atoms with Crippen molar-refractivity contribution in [2.45, 2.75) is 13.0 Å². The van der Waals surface area contributed by atoms with Gasteiger partial charge in [-0.05, 0) is 49.4 Å². The molecule has 2 amide bonds. The van der Waals surface area contributed by atoms with Gasteiger partial charge < -0.3 is 29.3 Å². The van der Waals surface area contributed by atoms with Crippen LogP contribution in [-0.2, 0) is 4.79 Å². The van der Waals surface area contributed by atoms with Gasteiger partial charge in [0.15, 0.2) is 18.1 Å². The molecule has 180 valence electrons. The number of hydrogen-bond donors (Lipinski definition) is 2. The Morgan fingerprint density at radius 1 is 0.886 bits per heavy atom. The molecule has 0 aliphatic heterocycles. The first kappa shape index (κ1) is 23.7. The van der Waals surface area contributed by atoms with Crippen LogP contribution >= 0.6 is 0 Å². The minimum absolute atomic E-state index is 0.247. The van der Waals surface area contributed by atoms with Gasteiger partial charge in [-0.3, -0.25) is 9.59 Å². The normalized spacial score (nSPS) is 11.5. The summed E-state index contributed by atoms with van der Waals surface area (Å²) in [5.74, 6) is 1.22. The molecule has 8 nitrogen and oxygen atoms in total. The Labute approximate surface area is 202 Å². The molecule has 0 spiro atoms. The number of anilines is 1. The summed E-state index contributed by atoms with van der Waals surface area (Å²) in [4.78, 5) is 25.2. The van der Waals surface area contributed by atoms with E-state index in [2.05, 4.69) is 10.6 Å². The molecule has 0 aliphatic rings. The third-order valence-corrected chi connectivity index (χ3v) is 5.38. The zero-order valence-electron chi connectivity index (χ0n) is 19.7. The highest BCUT2D eigenvalue weighted by Gasteiger charge is 2.18. The third kappa shape index (κ3) is 5.55. The zero-order chi connectivity index (χ0) is 24.8. The fourth-order valence-electron chi connectivity index (χ4n) is 3.57. The minimum atomic E-state index is -0.363. The standard InChI is InChI=1S/C27H26N2O6/c1-17(24-14-18-8-4-6-10-21(18)35-24)28-27(31)19-12-13-23(25(15-19)33-3)34-16-26(30)29-20-9-5-7-11-22(20)32-2/h4-15,17H,16H2,1-3H3,(H,28,31)(H,29,30). The lowest BCUT2D eigenvalue weighted by molar-refractivity contribution is -0.118. The highest BCUT2D eigenvalue weighted by molar-refractivity contribution is 5.95. The SMILES string of the molecule is COc1ccccc1NC(=O)COc1ccc(C(=O)NC(C)c2cc3ccccc3o2)cc1OC. The number of carbonyl (C=O) groups excluding carboxylic acids is 2. The topological polar surface area (TPSA) is 99.0 Å². The van der Waals surface area contributed by atoms with Crippen LogP contribution in [0.3, 0.4) is 0 Å². The second-order valence-electron chi connectivity index (χ2n) is 7.78. The lowest BCUT2D eigenvalue weighted by Crippen LogP contribution is -2.26. The monoisotopic (exact) mass is 474 g/mol. The number of rotatable bonds is 9. The second kappa shape index (κ2) is 10.6. The smallest absolute Gasteiger partial charge is 0.262 e. The number of hydrogen-bond acceptors (Lipinski definition) is 6. The number of fused-ring (bicyclic) bond motifs is 1. The van der Waals surface area contributed by atoms with Gasteiger partial charge >= 0.3 is 0 Å². The quantitative estimate of drug-likeness (QED) is 0.356. The van der Waals surface area contributed by atoms with Crippen LogP contribution in [0.4, 0.5) is 5.69 Å². The van der Waals surface area contributed by atoms with E-state index in [1.807, 2.05) is 43.3 Å². The van der Waals surface area contributed by atoms with Crippen molar-refractivity contribution >= 4 is 28.5 Å². The van der Waals surface area contributed by atoms with Gasteiger partial charge in [0.25, 0.3) is 11.8 Å². The summed E-state index contributed by atoms with van der Waals surface area (Å²) in [6.07, 6.45) is 0. The molecular formula is C27H26N2O6. The van der Waals surface area contributed by atoms with E-state index in [-0.39, 0.29) is 24.5 Å². The summed E-state index contributed by atoms with van der Waals surface area (Å²) >= 11 is 0. The van der Waals surface area contributed by atoms with Gasteiger partial charge in [0.05, 0.1) is 25.9 Å². The number of ether oxygens (including phenoxy) is 3. The molecule has 1 heterocycles. The molecule has 0 saturated heterocycles. The fraction of sp³-hybridized carbons (Fsp3) is 0.185. The summed E-state index contributed by atoms with van der Waals surface area (Å²) in [6, 6.07) is 21.1. The number of amides is 2. The first-order chi connectivity index (χ1) is 17.0. The minimum Gasteiger partial charge on any atom is -0.495 e. The van der Waals surface area contributed by atoms with Crippen molar-refractivity contribution in [1.29, 1.82) is 0 Å². The predicted octanol–water partition coefficient (Wildman–Crippen LogP) is 4.96. The van der Waals surface area contributed by atoms with Crippen molar-refractivity contribution in [2.24, 2.45) is 0 Å². The molecule has 1 unspecified atom stereocenters. The molecule has 3 aromatic carbocycles. The van der Waals surface area contributed by atoms with E-state index in [4.69, 9.17) is 18.6 Å². The lowest BCUT2D eigenvalue weighted by Gasteiger charge is -2.14. The number of nitrogens with one attached hydrogen (secondary N) is 2. The van der Waals surface area contributed by atoms with Crippen LogP contribution in [0.2, 0.25) is 0 Å². The number of furan rings is 1. The molecule has 0 saturated carbocycles. The van der Waals surface area contributed by atoms with Gasteiger partial charge in [-0.25, -0.2) is 0 Å². The van der Waals surface area contributed by atoms with Crippen LogP contribution in [0.25, 0.3) is 11.0 Å². The number of carbonyl (C=O) groups is 2. The molecule has 8 heteroatoms. The molecule has 1 atom stereocenters. The van der Waals surface area contributed by atoms with Crippen LogP contribution in [0, 0.1) is 0 Å². The Bertz CT molecular complexity index is 1310. The largest absolute Gasteiger partial charge is 0.495 e. The Morgan fingerprint density at radius 3 is 2.40 bits per heavy atom. The van der Waals surface area contributed by atoms with Crippen molar-refractivity contribution in [3.8, 4) is 17.2 Å². The first-order valence-corrected chi connectivity index (χ1v) is 11.0. The van der Waals surface area contributed by atoms with Crippen molar-refractivity contribution in [1.82, 2.24) is 5.32 Å². The lowest BCUT2D eigenvalue weighted by atomic mass is 10.1. The Hall–Kier alpha value is -4.46. The van der Waals surface area contributed by atoms with Crippen LogP contribution < -0.4 is 24.8 Å². The third-order valence-electron chi connectivity index (χ3n) is 5.38. The zero-order valence-corrected chi connectivity index (χ0v) is 19.7. The van der Waals surface area contributed by atoms with Gasteiger partial charge in [-0.2, -0.15) is 0 Å². The number of methoxy groups -OCH3 is 2. The highest BCUT2D eigenvalue weighted by atomic mass is 16.5. The second-order valence-corrected chi connectivity index (χ2v) is 7.78. The molecule has 0 radical (unpaired) electrons. The van der Waals surface area contributed by atoms with E-state index in [0.29, 0.717) is 34.3 Å². The summed E-state index contributed by atoms with van der Waals surface area (Å²) in [5, 5.41) is 6.64. The van der Waals surface area contributed by atoms with Gasteiger partial charge in [-0.1, -0.05) is 30.3 Å². The maximum Gasteiger partial charge on any atom is 0.262 e. The van der Waals surface area contributed by atoms with E-state index in [0.717, 1.165) is 11.0 Å². The Kier molecular flexibility index (Phi) is 7.21. The molecule has 0 fully saturated rings. The molecular weight excluding hydrogens is 448 g/mol. The van der Waals surface area contributed by atoms with Crippen LogP contribution in [0.1, 0.15) is 29.1 Å². The van der Waals surface area contributed by atoms with Gasteiger partial charge in [-0.15, -0.1) is 0 Å². The summed E-state index contributed by atoms with van der Waals surface area (Å²) in [6.45, 7) is 1.60. The summed E-state index contributed by atoms with van der Waals surface area (Å²) in [5.41, 5.74) is 1.69. The number of para-hydroxylation sites is 3. The first-order valence-electron chi connectivity index (χ1n) is 11.0. The average Bonchev–Trinajstić information content (AvgIpc) is 3.32. The van der Waals surface area contributed by atoms with Crippen molar-refractivity contribution < 1.29 is 28.2 Å². The Balaban J connectivity index is 1.39. The van der Waals surface area contributed by atoms with E-state index < -0.39 is 0 Å². The van der Waals surface area contributed by atoms with Crippen LogP contribution in [-0.4, -0.2) is 32.6 Å².